The largest absolute Gasteiger partial charge is 0.378 e. The Bertz CT molecular complexity index is 642. The van der Waals surface area contributed by atoms with E-state index in [-0.39, 0.29) is 5.91 Å². The molecule has 0 fully saturated rings. The minimum atomic E-state index is -0.806. The summed E-state index contributed by atoms with van der Waals surface area (Å²) in [4.78, 5) is 14.2. The first-order chi connectivity index (χ1) is 10.1. The molecule has 2 aromatic carbocycles. The zero-order chi connectivity index (χ0) is 15.2. The van der Waals surface area contributed by atoms with Gasteiger partial charge in [-0.25, -0.2) is 0 Å². The maximum absolute atomic E-state index is 12.2. The number of hydrogen-bond donors (Lipinski definition) is 1. The molecule has 0 spiro atoms. The van der Waals surface area contributed by atoms with Gasteiger partial charge in [0.25, 0.3) is 0 Å². The molecule has 0 heterocycles. The standard InChI is InChI=1S/C17H17N3O/c1-20(2)15-10-8-14(9-11-15)19-17(21)16(12-18)13-6-4-3-5-7-13/h3-11,16H,1-2H3,(H,19,21). The Morgan fingerprint density at radius 3 is 2.24 bits per heavy atom. The summed E-state index contributed by atoms with van der Waals surface area (Å²) < 4.78 is 0. The predicted molar refractivity (Wildman–Crippen MR) is 84.2 cm³/mol. The fourth-order valence-electron chi connectivity index (χ4n) is 1.99. The molecule has 0 saturated carbocycles. The van der Waals surface area contributed by atoms with Crippen molar-refractivity contribution in [2.45, 2.75) is 5.92 Å². The SMILES string of the molecule is CN(C)c1ccc(NC(=O)C(C#N)c2ccccc2)cc1. The molecular formula is C17H17N3O. The Labute approximate surface area is 124 Å². The molecule has 0 aliphatic heterocycles. The highest BCUT2D eigenvalue weighted by Crippen LogP contribution is 2.19. The molecule has 1 unspecified atom stereocenters. The van der Waals surface area contributed by atoms with Crippen molar-refractivity contribution in [3.8, 4) is 6.07 Å². The van der Waals surface area contributed by atoms with Gasteiger partial charge < -0.3 is 10.2 Å². The van der Waals surface area contributed by atoms with Crippen LogP contribution in [-0.4, -0.2) is 20.0 Å². The third kappa shape index (κ3) is 3.61. The Kier molecular flexibility index (Phi) is 4.57. The number of nitrogens with zero attached hydrogens (tertiary/aromatic N) is 2. The van der Waals surface area contributed by atoms with E-state index in [1.54, 1.807) is 12.1 Å². The van der Waals surface area contributed by atoms with Gasteiger partial charge in [-0.3, -0.25) is 4.79 Å². The van der Waals surface area contributed by atoms with E-state index in [4.69, 9.17) is 0 Å². The maximum atomic E-state index is 12.2. The number of carbonyl (C=O) groups is 1. The molecule has 4 heteroatoms. The van der Waals surface area contributed by atoms with Crippen molar-refractivity contribution < 1.29 is 4.79 Å². The molecule has 2 rings (SSSR count). The third-order valence-electron chi connectivity index (χ3n) is 3.18. The van der Waals surface area contributed by atoms with Gasteiger partial charge in [0.05, 0.1) is 6.07 Å². The van der Waals surface area contributed by atoms with Crippen molar-refractivity contribution in [1.29, 1.82) is 5.26 Å². The molecule has 0 aromatic heterocycles. The highest BCUT2D eigenvalue weighted by Gasteiger charge is 2.19. The van der Waals surface area contributed by atoms with E-state index in [0.717, 1.165) is 5.69 Å². The van der Waals surface area contributed by atoms with E-state index in [1.165, 1.54) is 0 Å². The minimum absolute atomic E-state index is 0.318. The van der Waals surface area contributed by atoms with Gasteiger partial charge in [-0.05, 0) is 29.8 Å². The van der Waals surface area contributed by atoms with Gasteiger partial charge in [-0.2, -0.15) is 5.26 Å². The lowest BCUT2D eigenvalue weighted by molar-refractivity contribution is -0.116. The van der Waals surface area contributed by atoms with Crippen molar-refractivity contribution in [3.63, 3.8) is 0 Å². The fraction of sp³-hybridized carbons (Fsp3) is 0.176. The molecule has 106 valence electrons. The number of nitrogens with one attached hydrogen (secondary N) is 1. The van der Waals surface area contributed by atoms with Crippen LogP contribution in [-0.2, 0) is 4.79 Å². The summed E-state index contributed by atoms with van der Waals surface area (Å²) in [6, 6.07) is 18.6. The topological polar surface area (TPSA) is 56.1 Å². The normalized spacial score (nSPS) is 11.3. The van der Waals surface area contributed by atoms with Crippen LogP contribution in [0.2, 0.25) is 0 Å². The Balaban J connectivity index is 2.11. The van der Waals surface area contributed by atoms with Crippen molar-refractivity contribution >= 4 is 17.3 Å². The first-order valence-corrected chi connectivity index (χ1v) is 6.64. The smallest absolute Gasteiger partial charge is 0.246 e. The predicted octanol–water partition coefficient (Wildman–Crippen LogP) is 3.00. The van der Waals surface area contributed by atoms with E-state index in [2.05, 4.69) is 5.32 Å². The zero-order valence-electron chi connectivity index (χ0n) is 12.1. The van der Waals surface area contributed by atoms with E-state index < -0.39 is 5.92 Å². The first kappa shape index (κ1) is 14.6. The molecule has 1 amide bonds. The van der Waals surface area contributed by atoms with Gasteiger partial charge in [0, 0.05) is 25.5 Å². The van der Waals surface area contributed by atoms with Gasteiger partial charge in [-0.15, -0.1) is 0 Å². The molecule has 1 N–H and O–H groups in total. The summed E-state index contributed by atoms with van der Waals surface area (Å²) in [5.74, 6) is -1.12. The number of anilines is 2. The number of hydrogen-bond acceptors (Lipinski definition) is 3. The first-order valence-electron chi connectivity index (χ1n) is 6.64. The van der Waals surface area contributed by atoms with E-state index >= 15 is 0 Å². The Morgan fingerprint density at radius 1 is 1.10 bits per heavy atom. The number of carbonyl (C=O) groups excluding carboxylic acids is 1. The summed E-state index contributed by atoms with van der Waals surface area (Å²) in [6.45, 7) is 0. The number of amides is 1. The van der Waals surface area contributed by atoms with E-state index in [0.29, 0.717) is 11.3 Å². The molecule has 0 saturated heterocycles. The van der Waals surface area contributed by atoms with Crippen LogP contribution >= 0.6 is 0 Å². The van der Waals surface area contributed by atoms with Crippen molar-refractivity contribution in [1.82, 2.24) is 0 Å². The number of rotatable bonds is 4. The summed E-state index contributed by atoms with van der Waals surface area (Å²) in [5.41, 5.74) is 2.43. The second kappa shape index (κ2) is 6.58. The van der Waals surface area contributed by atoms with Gasteiger partial charge in [0.15, 0.2) is 5.92 Å². The van der Waals surface area contributed by atoms with E-state index in [1.807, 2.05) is 67.5 Å². The van der Waals surface area contributed by atoms with Crippen LogP contribution in [0.5, 0.6) is 0 Å². The van der Waals surface area contributed by atoms with Crippen LogP contribution in [0.3, 0.4) is 0 Å². The molecule has 0 aliphatic rings. The lowest BCUT2D eigenvalue weighted by Gasteiger charge is -2.14. The van der Waals surface area contributed by atoms with Gasteiger partial charge in [0.1, 0.15) is 0 Å². The summed E-state index contributed by atoms with van der Waals surface area (Å²) >= 11 is 0. The van der Waals surface area contributed by atoms with Gasteiger partial charge in [0.2, 0.25) is 5.91 Å². The summed E-state index contributed by atoms with van der Waals surface area (Å²) in [6.07, 6.45) is 0. The van der Waals surface area contributed by atoms with Crippen molar-refractivity contribution in [2.75, 3.05) is 24.3 Å². The quantitative estimate of drug-likeness (QED) is 0.936. The van der Waals surface area contributed by atoms with Crippen molar-refractivity contribution in [2.24, 2.45) is 0 Å². The Hall–Kier alpha value is -2.80. The Morgan fingerprint density at radius 2 is 1.71 bits per heavy atom. The summed E-state index contributed by atoms with van der Waals surface area (Å²) in [7, 11) is 3.91. The van der Waals surface area contributed by atoms with E-state index in [9.17, 15) is 10.1 Å². The number of benzene rings is 2. The minimum Gasteiger partial charge on any atom is -0.378 e. The second-order valence-electron chi connectivity index (χ2n) is 4.90. The van der Waals surface area contributed by atoms with Gasteiger partial charge in [-0.1, -0.05) is 30.3 Å². The monoisotopic (exact) mass is 279 g/mol. The van der Waals surface area contributed by atoms with Crippen LogP contribution in [0.15, 0.2) is 54.6 Å². The zero-order valence-corrected chi connectivity index (χ0v) is 12.1. The van der Waals surface area contributed by atoms with Crippen LogP contribution in [0, 0.1) is 11.3 Å². The average Bonchev–Trinajstić information content (AvgIpc) is 2.49. The summed E-state index contributed by atoms with van der Waals surface area (Å²) in [5, 5.41) is 12.0. The van der Waals surface area contributed by atoms with Crippen LogP contribution in [0.1, 0.15) is 11.5 Å². The fourth-order valence-corrected chi connectivity index (χ4v) is 1.99. The molecular weight excluding hydrogens is 262 g/mol. The van der Waals surface area contributed by atoms with Crippen LogP contribution < -0.4 is 10.2 Å². The molecule has 4 nitrogen and oxygen atoms in total. The molecule has 0 aliphatic carbocycles. The molecule has 0 radical (unpaired) electrons. The van der Waals surface area contributed by atoms with Crippen LogP contribution in [0.4, 0.5) is 11.4 Å². The molecule has 21 heavy (non-hydrogen) atoms. The van der Waals surface area contributed by atoms with Crippen LogP contribution in [0.25, 0.3) is 0 Å². The molecule has 0 bridgehead atoms. The van der Waals surface area contributed by atoms with Gasteiger partial charge >= 0.3 is 0 Å². The average molecular weight is 279 g/mol. The second-order valence-corrected chi connectivity index (χ2v) is 4.90. The number of nitriles is 1. The lowest BCUT2D eigenvalue weighted by atomic mass is 10.00. The highest BCUT2D eigenvalue weighted by molar-refractivity contribution is 5.97. The lowest BCUT2D eigenvalue weighted by Crippen LogP contribution is -2.20. The van der Waals surface area contributed by atoms with Crippen molar-refractivity contribution in [3.05, 3.63) is 60.2 Å². The molecule has 1 atom stereocenters. The maximum Gasteiger partial charge on any atom is 0.246 e. The highest BCUT2D eigenvalue weighted by atomic mass is 16.1. The third-order valence-corrected chi connectivity index (χ3v) is 3.18. The molecule has 2 aromatic rings.